The van der Waals surface area contributed by atoms with E-state index in [1.165, 1.54) is 0 Å². The summed E-state index contributed by atoms with van der Waals surface area (Å²) in [6, 6.07) is 21.7. The fourth-order valence-electron chi connectivity index (χ4n) is 2.62. The average Bonchev–Trinajstić information content (AvgIpc) is 2.69. The van der Waals surface area contributed by atoms with Crippen molar-refractivity contribution in [1.29, 1.82) is 0 Å². The van der Waals surface area contributed by atoms with Crippen LogP contribution in [0.15, 0.2) is 72.8 Å². The lowest BCUT2D eigenvalue weighted by Crippen LogP contribution is -2.12. The minimum atomic E-state index is -0.930. The molecule has 0 bridgehead atoms. The third-order valence-corrected chi connectivity index (χ3v) is 4.76. The molecule has 0 radical (unpaired) electrons. The van der Waals surface area contributed by atoms with Gasteiger partial charge in [0.2, 0.25) is 0 Å². The molecule has 0 heterocycles. The zero-order valence-corrected chi connectivity index (χ0v) is 16.4. The first-order valence-electron chi connectivity index (χ1n) is 8.61. The molecule has 144 valence electrons. The summed E-state index contributed by atoms with van der Waals surface area (Å²) in [5.41, 5.74) is 1.66. The van der Waals surface area contributed by atoms with E-state index in [2.05, 4.69) is 0 Å². The van der Waals surface area contributed by atoms with Crippen molar-refractivity contribution in [3.05, 3.63) is 94.0 Å². The largest absolute Gasteiger partial charge is 0.489 e. The van der Waals surface area contributed by atoms with Crippen molar-refractivity contribution in [2.24, 2.45) is 0 Å². The maximum absolute atomic E-state index is 11.2. The third-order valence-electron chi connectivity index (χ3n) is 4.02. The van der Waals surface area contributed by atoms with Gasteiger partial charge in [-0.1, -0.05) is 59.6 Å². The smallest absolute Gasteiger partial charge is 0.307 e. The first-order chi connectivity index (χ1) is 13.5. The molecule has 0 saturated carbocycles. The monoisotopic (exact) mass is 416 g/mol. The van der Waals surface area contributed by atoms with Crippen molar-refractivity contribution < 1.29 is 19.4 Å². The predicted molar refractivity (Wildman–Crippen MR) is 109 cm³/mol. The molecule has 0 fully saturated rings. The van der Waals surface area contributed by atoms with E-state index in [-0.39, 0.29) is 6.42 Å². The number of ether oxygens (including phenoxy) is 2. The van der Waals surface area contributed by atoms with Gasteiger partial charge in [0.25, 0.3) is 0 Å². The Labute approximate surface area is 173 Å². The summed E-state index contributed by atoms with van der Waals surface area (Å²) < 4.78 is 11.6. The van der Waals surface area contributed by atoms with E-state index in [1.54, 1.807) is 48.5 Å². The first-order valence-corrected chi connectivity index (χ1v) is 9.37. The van der Waals surface area contributed by atoms with Crippen molar-refractivity contribution in [1.82, 2.24) is 0 Å². The molecule has 1 atom stereocenters. The molecule has 6 heteroatoms. The van der Waals surface area contributed by atoms with Gasteiger partial charge < -0.3 is 14.6 Å². The average molecular weight is 417 g/mol. The lowest BCUT2D eigenvalue weighted by Gasteiger charge is -2.18. The molecule has 3 aromatic rings. The molecular weight excluding hydrogens is 399 g/mol. The normalized spacial score (nSPS) is 11.6. The van der Waals surface area contributed by atoms with Crippen molar-refractivity contribution in [3.63, 3.8) is 0 Å². The van der Waals surface area contributed by atoms with Gasteiger partial charge in [0, 0.05) is 0 Å². The second-order valence-electron chi connectivity index (χ2n) is 6.12. The summed E-state index contributed by atoms with van der Waals surface area (Å²) in [4.78, 5) is 11.2. The summed E-state index contributed by atoms with van der Waals surface area (Å²) in [6.45, 7) is 0.343. The molecule has 3 aromatic carbocycles. The highest BCUT2D eigenvalue weighted by Gasteiger charge is 2.17. The van der Waals surface area contributed by atoms with Crippen LogP contribution in [0, 0.1) is 0 Å². The Morgan fingerprint density at radius 1 is 0.893 bits per heavy atom. The standard InChI is InChI=1S/C22H18Cl2O4/c23-19-11-6-15(12-20(19)24)14-27-17-9-7-16(8-10-17)21(13-22(25)26)28-18-4-2-1-3-5-18/h1-12,21H,13-14H2,(H,25,26). The number of carboxylic acid groups (broad SMARTS) is 1. The molecule has 1 N–H and O–H groups in total. The van der Waals surface area contributed by atoms with E-state index in [0.717, 1.165) is 11.1 Å². The van der Waals surface area contributed by atoms with E-state index < -0.39 is 12.1 Å². The SMILES string of the molecule is O=C(O)CC(Oc1ccccc1)c1ccc(OCc2ccc(Cl)c(Cl)c2)cc1. The predicted octanol–water partition coefficient (Wildman–Crippen LogP) is 6.17. The third kappa shape index (κ3) is 5.65. The summed E-state index contributed by atoms with van der Waals surface area (Å²) >= 11 is 11.9. The zero-order chi connectivity index (χ0) is 19.9. The molecular formula is C22H18Cl2O4. The number of aliphatic carboxylic acids is 1. The van der Waals surface area contributed by atoms with Crippen LogP contribution < -0.4 is 9.47 Å². The van der Waals surface area contributed by atoms with Crippen molar-refractivity contribution >= 4 is 29.2 Å². The fourth-order valence-corrected chi connectivity index (χ4v) is 2.94. The number of carbonyl (C=O) groups is 1. The van der Waals surface area contributed by atoms with E-state index in [9.17, 15) is 9.90 Å². The Hall–Kier alpha value is -2.69. The Kier molecular flexibility index (Phi) is 6.80. The fraction of sp³-hybridized carbons (Fsp3) is 0.136. The number of para-hydroxylation sites is 1. The van der Waals surface area contributed by atoms with Crippen LogP contribution in [0.2, 0.25) is 10.0 Å². The highest BCUT2D eigenvalue weighted by molar-refractivity contribution is 6.42. The Morgan fingerprint density at radius 2 is 1.61 bits per heavy atom. The van der Waals surface area contributed by atoms with Crippen LogP contribution in [0.3, 0.4) is 0 Å². The van der Waals surface area contributed by atoms with Crippen LogP contribution in [-0.4, -0.2) is 11.1 Å². The molecule has 28 heavy (non-hydrogen) atoms. The molecule has 0 spiro atoms. The molecule has 1 unspecified atom stereocenters. The minimum Gasteiger partial charge on any atom is -0.489 e. The van der Waals surface area contributed by atoms with Crippen LogP contribution in [0.25, 0.3) is 0 Å². The first kappa shape index (κ1) is 20.1. The minimum absolute atomic E-state index is 0.141. The van der Waals surface area contributed by atoms with Gasteiger partial charge in [0.1, 0.15) is 24.2 Å². The van der Waals surface area contributed by atoms with Crippen molar-refractivity contribution in [2.45, 2.75) is 19.1 Å². The Bertz CT molecular complexity index is 927. The summed E-state index contributed by atoms with van der Waals surface area (Å²) in [6.07, 6.45) is -0.734. The second-order valence-corrected chi connectivity index (χ2v) is 6.94. The van der Waals surface area contributed by atoms with Crippen molar-refractivity contribution in [2.75, 3.05) is 0 Å². The van der Waals surface area contributed by atoms with Gasteiger partial charge in [-0.25, -0.2) is 0 Å². The van der Waals surface area contributed by atoms with Gasteiger partial charge in [-0.15, -0.1) is 0 Å². The Balaban J connectivity index is 1.67. The lowest BCUT2D eigenvalue weighted by atomic mass is 10.1. The highest BCUT2D eigenvalue weighted by atomic mass is 35.5. The van der Waals surface area contributed by atoms with Gasteiger partial charge in [-0.3, -0.25) is 4.79 Å². The van der Waals surface area contributed by atoms with Gasteiger partial charge in [-0.05, 0) is 47.5 Å². The topological polar surface area (TPSA) is 55.8 Å². The molecule has 0 aliphatic carbocycles. The molecule has 0 amide bonds. The molecule has 3 rings (SSSR count). The summed E-state index contributed by atoms with van der Waals surface area (Å²) in [5.74, 6) is 0.346. The number of benzene rings is 3. The van der Waals surface area contributed by atoms with Gasteiger partial charge >= 0.3 is 5.97 Å². The lowest BCUT2D eigenvalue weighted by molar-refractivity contribution is -0.138. The maximum atomic E-state index is 11.2. The van der Waals surface area contributed by atoms with Gasteiger partial charge in [0.15, 0.2) is 0 Å². The number of hydrogen-bond donors (Lipinski definition) is 1. The molecule has 4 nitrogen and oxygen atoms in total. The highest BCUT2D eigenvalue weighted by Crippen LogP contribution is 2.27. The number of hydrogen-bond acceptors (Lipinski definition) is 3. The van der Waals surface area contributed by atoms with Crippen LogP contribution in [-0.2, 0) is 11.4 Å². The van der Waals surface area contributed by atoms with E-state index in [4.69, 9.17) is 32.7 Å². The molecule has 0 saturated heterocycles. The quantitative estimate of drug-likeness (QED) is 0.477. The number of carboxylic acids is 1. The molecule has 0 aliphatic rings. The Morgan fingerprint density at radius 3 is 2.25 bits per heavy atom. The summed E-state index contributed by atoms with van der Waals surface area (Å²) in [7, 11) is 0. The summed E-state index contributed by atoms with van der Waals surface area (Å²) in [5, 5.41) is 10.2. The van der Waals surface area contributed by atoms with Crippen LogP contribution >= 0.6 is 23.2 Å². The van der Waals surface area contributed by atoms with E-state index in [1.807, 2.05) is 24.3 Å². The maximum Gasteiger partial charge on any atom is 0.307 e. The van der Waals surface area contributed by atoms with Gasteiger partial charge in [0.05, 0.1) is 16.5 Å². The zero-order valence-electron chi connectivity index (χ0n) is 14.8. The molecule has 0 aliphatic heterocycles. The molecule has 0 aromatic heterocycles. The van der Waals surface area contributed by atoms with Crippen LogP contribution in [0.4, 0.5) is 0 Å². The van der Waals surface area contributed by atoms with Crippen LogP contribution in [0.1, 0.15) is 23.7 Å². The number of halogens is 2. The number of rotatable bonds is 8. The van der Waals surface area contributed by atoms with Crippen LogP contribution in [0.5, 0.6) is 11.5 Å². The van der Waals surface area contributed by atoms with Crippen molar-refractivity contribution in [3.8, 4) is 11.5 Å². The van der Waals surface area contributed by atoms with Gasteiger partial charge in [-0.2, -0.15) is 0 Å². The van der Waals surface area contributed by atoms with E-state index in [0.29, 0.717) is 28.2 Å². The second kappa shape index (κ2) is 9.49. The van der Waals surface area contributed by atoms with E-state index >= 15 is 0 Å².